The fraction of sp³-hybridized carbons (Fsp3) is 0.500. The van der Waals surface area contributed by atoms with E-state index in [9.17, 15) is 9.59 Å². The average molecular weight is 424 g/mol. The Kier molecular flexibility index (Phi) is 5.57. The number of carbonyl (C=O) groups is 2. The van der Waals surface area contributed by atoms with Crippen LogP contribution in [0.3, 0.4) is 0 Å². The second-order valence-electron chi connectivity index (χ2n) is 8.49. The van der Waals surface area contributed by atoms with Gasteiger partial charge in [-0.3, -0.25) is 9.59 Å². The van der Waals surface area contributed by atoms with Crippen molar-refractivity contribution in [3.8, 4) is 11.5 Å². The maximum atomic E-state index is 13.4. The van der Waals surface area contributed by atoms with Crippen LogP contribution in [-0.4, -0.2) is 54.5 Å². The number of likely N-dealkylation sites (tertiary alicyclic amines) is 2. The van der Waals surface area contributed by atoms with Crippen LogP contribution in [0.4, 0.5) is 0 Å². The van der Waals surface area contributed by atoms with Gasteiger partial charge in [0.25, 0.3) is 5.91 Å². The third-order valence-corrected chi connectivity index (χ3v) is 6.56. The molecule has 0 spiro atoms. The quantitative estimate of drug-likeness (QED) is 0.752. The van der Waals surface area contributed by atoms with E-state index in [1.807, 2.05) is 17.0 Å². The molecule has 0 N–H and O–H groups in total. The number of piperidine rings is 1. The van der Waals surface area contributed by atoms with Crippen LogP contribution in [0.1, 0.15) is 54.3 Å². The molecule has 1 unspecified atom stereocenters. The first-order valence-corrected chi connectivity index (χ1v) is 11.2. The van der Waals surface area contributed by atoms with Crippen LogP contribution in [0.15, 0.2) is 41.0 Å². The van der Waals surface area contributed by atoms with Gasteiger partial charge in [0.1, 0.15) is 0 Å². The fourth-order valence-corrected chi connectivity index (χ4v) is 4.88. The molecule has 3 aliphatic heterocycles. The number of amides is 2. The Labute approximate surface area is 181 Å². The molecule has 31 heavy (non-hydrogen) atoms. The van der Waals surface area contributed by atoms with Crippen molar-refractivity contribution in [1.29, 1.82) is 0 Å². The van der Waals surface area contributed by atoms with Gasteiger partial charge in [-0.25, -0.2) is 0 Å². The molecule has 7 nitrogen and oxygen atoms in total. The minimum atomic E-state index is -0.0952. The minimum Gasteiger partial charge on any atom is -0.490 e. The van der Waals surface area contributed by atoms with Gasteiger partial charge < -0.3 is 23.7 Å². The Bertz CT molecular complexity index is 933. The van der Waals surface area contributed by atoms with E-state index >= 15 is 0 Å². The molecule has 1 atom stereocenters. The maximum Gasteiger partial charge on any atom is 0.289 e. The number of nitrogens with zero attached hydrogens (tertiary/aromatic N) is 2. The molecule has 2 amide bonds. The third-order valence-electron chi connectivity index (χ3n) is 6.56. The van der Waals surface area contributed by atoms with Crippen molar-refractivity contribution in [1.82, 2.24) is 9.80 Å². The van der Waals surface area contributed by atoms with Crippen LogP contribution in [0.5, 0.6) is 11.5 Å². The summed E-state index contributed by atoms with van der Waals surface area (Å²) in [6.45, 7) is 3.26. The molecule has 7 heteroatoms. The first kappa shape index (κ1) is 20.0. The van der Waals surface area contributed by atoms with Gasteiger partial charge in [0.2, 0.25) is 5.91 Å². The topological polar surface area (TPSA) is 72.2 Å². The summed E-state index contributed by atoms with van der Waals surface area (Å²) in [7, 11) is 0. The molecule has 0 bridgehead atoms. The Morgan fingerprint density at radius 3 is 2.48 bits per heavy atom. The summed E-state index contributed by atoms with van der Waals surface area (Å²) in [6, 6.07) is 9.55. The Hall–Kier alpha value is -2.96. The van der Waals surface area contributed by atoms with Crippen LogP contribution < -0.4 is 9.47 Å². The van der Waals surface area contributed by atoms with Gasteiger partial charge in [0.05, 0.1) is 25.5 Å². The number of carbonyl (C=O) groups excluding carboxylic acids is 2. The van der Waals surface area contributed by atoms with E-state index in [1.54, 1.807) is 17.0 Å². The number of fused-ring (bicyclic) bond motifs is 1. The first-order valence-electron chi connectivity index (χ1n) is 11.2. The highest BCUT2D eigenvalue weighted by Crippen LogP contribution is 2.39. The van der Waals surface area contributed by atoms with Gasteiger partial charge in [0, 0.05) is 32.0 Å². The Balaban J connectivity index is 1.24. The smallest absolute Gasteiger partial charge is 0.289 e. The van der Waals surface area contributed by atoms with Gasteiger partial charge in [-0.05, 0) is 55.5 Å². The van der Waals surface area contributed by atoms with E-state index in [0.717, 1.165) is 42.9 Å². The number of rotatable bonds is 3. The van der Waals surface area contributed by atoms with Gasteiger partial charge in [0.15, 0.2) is 17.3 Å². The van der Waals surface area contributed by atoms with Crippen molar-refractivity contribution in [2.24, 2.45) is 5.92 Å². The molecule has 164 valence electrons. The van der Waals surface area contributed by atoms with Crippen molar-refractivity contribution in [3.63, 3.8) is 0 Å². The van der Waals surface area contributed by atoms with E-state index in [0.29, 0.717) is 44.9 Å². The Morgan fingerprint density at radius 2 is 1.71 bits per heavy atom. The van der Waals surface area contributed by atoms with Gasteiger partial charge >= 0.3 is 0 Å². The molecule has 0 aliphatic carbocycles. The largest absolute Gasteiger partial charge is 0.490 e. The molecule has 3 aliphatic rings. The second-order valence-corrected chi connectivity index (χ2v) is 8.49. The maximum absolute atomic E-state index is 13.4. The van der Waals surface area contributed by atoms with Crippen molar-refractivity contribution in [2.75, 3.05) is 32.8 Å². The van der Waals surface area contributed by atoms with E-state index in [4.69, 9.17) is 13.9 Å². The van der Waals surface area contributed by atoms with Crippen molar-refractivity contribution in [2.45, 2.75) is 38.1 Å². The third kappa shape index (κ3) is 4.01. The number of furan rings is 1. The molecule has 1 aromatic carbocycles. The summed E-state index contributed by atoms with van der Waals surface area (Å²) in [5.41, 5.74) is 1.11. The molecule has 2 fully saturated rings. The summed E-state index contributed by atoms with van der Waals surface area (Å²) >= 11 is 0. The summed E-state index contributed by atoms with van der Waals surface area (Å²) in [5.74, 6) is 1.99. The van der Waals surface area contributed by atoms with Crippen LogP contribution in [-0.2, 0) is 4.79 Å². The average Bonchev–Trinajstić information content (AvgIpc) is 3.47. The van der Waals surface area contributed by atoms with Crippen LogP contribution >= 0.6 is 0 Å². The molecule has 0 radical (unpaired) electrons. The number of ether oxygens (including phenoxy) is 2. The molecule has 1 aromatic heterocycles. The van der Waals surface area contributed by atoms with Gasteiger partial charge in [-0.15, -0.1) is 0 Å². The predicted octanol–water partition coefficient (Wildman–Crippen LogP) is 3.66. The molecule has 4 heterocycles. The van der Waals surface area contributed by atoms with Crippen LogP contribution in [0.2, 0.25) is 0 Å². The van der Waals surface area contributed by atoms with Gasteiger partial charge in [-0.1, -0.05) is 6.07 Å². The van der Waals surface area contributed by atoms with E-state index < -0.39 is 0 Å². The second kappa shape index (κ2) is 8.65. The van der Waals surface area contributed by atoms with Gasteiger partial charge in [-0.2, -0.15) is 0 Å². The standard InChI is InChI=1S/C24H28N2O5/c27-23(17-8-11-25(12-9-17)24(28)21-5-2-13-30-21)26-10-1-4-19(26)18-6-7-20-22(16-18)31-15-3-14-29-20/h2,5-7,13,16-17,19H,1,3-4,8-12,14-15H2. The first-order chi connectivity index (χ1) is 15.2. The van der Waals surface area contributed by atoms with Crippen LogP contribution in [0, 0.1) is 5.92 Å². The van der Waals surface area contributed by atoms with Crippen molar-refractivity contribution >= 4 is 11.8 Å². The zero-order valence-electron chi connectivity index (χ0n) is 17.6. The lowest BCUT2D eigenvalue weighted by Crippen LogP contribution is -2.44. The molecule has 2 saturated heterocycles. The highest BCUT2D eigenvalue weighted by molar-refractivity contribution is 5.91. The zero-order valence-corrected chi connectivity index (χ0v) is 17.6. The van der Waals surface area contributed by atoms with Crippen molar-refractivity contribution < 1.29 is 23.5 Å². The van der Waals surface area contributed by atoms with Crippen LogP contribution in [0.25, 0.3) is 0 Å². The van der Waals surface area contributed by atoms with E-state index in [1.165, 1.54) is 6.26 Å². The lowest BCUT2D eigenvalue weighted by atomic mass is 9.94. The predicted molar refractivity (Wildman–Crippen MR) is 113 cm³/mol. The number of hydrogen-bond acceptors (Lipinski definition) is 5. The molecule has 0 saturated carbocycles. The van der Waals surface area contributed by atoms with Crippen molar-refractivity contribution in [3.05, 3.63) is 47.9 Å². The SMILES string of the molecule is O=C(c1ccco1)N1CCC(C(=O)N2CCCC2c2ccc3c(c2)OCCCO3)CC1. The zero-order chi connectivity index (χ0) is 21.2. The normalized spacial score (nSPS) is 21.7. The molecular formula is C24H28N2O5. The fourth-order valence-electron chi connectivity index (χ4n) is 4.88. The molecular weight excluding hydrogens is 396 g/mol. The molecule has 5 rings (SSSR count). The lowest BCUT2D eigenvalue weighted by Gasteiger charge is -2.34. The monoisotopic (exact) mass is 424 g/mol. The summed E-state index contributed by atoms with van der Waals surface area (Å²) in [5, 5.41) is 0. The summed E-state index contributed by atoms with van der Waals surface area (Å²) < 4.78 is 16.8. The van der Waals surface area contributed by atoms with E-state index in [2.05, 4.69) is 6.07 Å². The highest BCUT2D eigenvalue weighted by atomic mass is 16.5. The highest BCUT2D eigenvalue weighted by Gasteiger charge is 2.36. The minimum absolute atomic E-state index is 0.0401. The lowest BCUT2D eigenvalue weighted by molar-refractivity contribution is -0.137. The number of benzene rings is 1. The van der Waals surface area contributed by atoms with E-state index in [-0.39, 0.29) is 23.8 Å². The number of hydrogen-bond donors (Lipinski definition) is 0. The Morgan fingerprint density at radius 1 is 0.903 bits per heavy atom. The summed E-state index contributed by atoms with van der Waals surface area (Å²) in [6.07, 6.45) is 5.73. The molecule has 2 aromatic rings. The summed E-state index contributed by atoms with van der Waals surface area (Å²) in [4.78, 5) is 29.7.